The average molecular weight is 334 g/mol. The Bertz CT molecular complexity index is 716. The van der Waals surface area contributed by atoms with Crippen LogP contribution in [-0.4, -0.2) is 49.6 Å². The van der Waals surface area contributed by atoms with Crippen molar-refractivity contribution in [3.63, 3.8) is 0 Å². The Hall–Kier alpha value is -0.910. The summed E-state index contributed by atoms with van der Waals surface area (Å²) < 4.78 is 26.2. The zero-order chi connectivity index (χ0) is 16.2. The largest absolute Gasteiger partial charge is 0.296 e. The first-order valence-corrected chi connectivity index (χ1v) is 10.6. The fourth-order valence-corrected chi connectivity index (χ4v) is 6.17. The Morgan fingerprint density at radius 2 is 2.04 bits per heavy atom. The molecule has 0 spiro atoms. The van der Waals surface area contributed by atoms with Crippen LogP contribution in [-0.2, 0) is 16.4 Å². The third kappa shape index (κ3) is 2.73. The van der Waals surface area contributed by atoms with Gasteiger partial charge < -0.3 is 0 Å². The lowest BCUT2D eigenvalue weighted by atomic mass is 9.77. The van der Waals surface area contributed by atoms with Crippen LogP contribution in [0.2, 0.25) is 0 Å². The molecule has 3 atom stereocenters. The van der Waals surface area contributed by atoms with Crippen molar-refractivity contribution < 1.29 is 8.42 Å². The van der Waals surface area contributed by atoms with Gasteiger partial charge >= 0.3 is 0 Å². The third-order valence-corrected chi connectivity index (χ3v) is 7.30. The van der Waals surface area contributed by atoms with Crippen molar-refractivity contribution >= 4 is 10.0 Å². The number of nitrogens with zero attached hydrogens (tertiary/aromatic N) is 2. The van der Waals surface area contributed by atoms with Crippen LogP contribution >= 0.6 is 0 Å². The zero-order valence-corrected chi connectivity index (χ0v) is 14.8. The number of benzene rings is 1. The standard InChI is InChI=1S/C18H26N2O2S/c1-13-5-6-16-14(10-13)7-9-19-12-15-4-3-8-20(23(2,21)22)17(15)11-18(16)19/h5-6,10,15,17-18H,3-4,7-9,11-12H2,1-2H3/t15-,17+,18-/m1/s1. The van der Waals surface area contributed by atoms with Gasteiger partial charge in [-0.2, -0.15) is 4.31 Å². The number of aryl methyl sites for hydroxylation is 1. The highest BCUT2D eigenvalue weighted by Gasteiger charge is 2.44. The van der Waals surface area contributed by atoms with Crippen molar-refractivity contribution in [3.8, 4) is 0 Å². The van der Waals surface area contributed by atoms with Gasteiger partial charge in [0, 0.05) is 31.7 Å². The second-order valence-corrected chi connectivity index (χ2v) is 9.48. The van der Waals surface area contributed by atoms with E-state index in [1.54, 1.807) is 4.31 Å². The number of rotatable bonds is 1. The first-order valence-electron chi connectivity index (χ1n) is 8.74. The maximum absolute atomic E-state index is 12.2. The molecule has 1 aromatic carbocycles. The summed E-state index contributed by atoms with van der Waals surface area (Å²) >= 11 is 0. The molecule has 0 radical (unpaired) electrons. The first-order chi connectivity index (χ1) is 10.9. The van der Waals surface area contributed by atoms with Crippen molar-refractivity contribution in [2.24, 2.45) is 5.92 Å². The SMILES string of the molecule is Cc1ccc2c(c1)CCN1C[C@H]3CCCN(S(C)(=O)=O)[C@H]3C[C@H]21. The number of hydrogen-bond acceptors (Lipinski definition) is 3. The molecule has 0 unspecified atom stereocenters. The molecule has 3 heterocycles. The Labute approximate surface area is 139 Å². The number of piperidine rings is 2. The first kappa shape index (κ1) is 15.6. The van der Waals surface area contributed by atoms with Gasteiger partial charge in [-0.25, -0.2) is 8.42 Å². The molecule has 3 aliphatic heterocycles. The van der Waals surface area contributed by atoms with Crippen LogP contribution in [0, 0.1) is 12.8 Å². The monoisotopic (exact) mass is 334 g/mol. The van der Waals surface area contributed by atoms with E-state index in [2.05, 4.69) is 30.0 Å². The summed E-state index contributed by atoms with van der Waals surface area (Å²) in [6, 6.07) is 7.36. The van der Waals surface area contributed by atoms with E-state index in [1.165, 1.54) is 29.4 Å². The van der Waals surface area contributed by atoms with Gasteiger partial charge in [0.1, 0.15) is 0 Å². The molecule has 23 heavy (non-hydrogen) atoms. The molecule has 2 saturated heterocycles. The Kier molecular flexibility index (Phi) is 3.78. The van der Waals surface area contributed by atoms with E-state index in [0.29, 0.717) is 18.5 Å². The minimum Gasteiger partial charge on any atom is -0.296 e. The summed E-state index contributed by atoms with van der Waals surface area (Å²) in [6.45, 7) is 5.02. The Balaban J connectivity index is 1.68. The highest BCUT2D eigenvalue weighted by atomic mass is 32.2. The van der Waals surface area contributed by atoms with Crippen LogP contribution in [0.25, 0.3) is 0 Å². The molecule has 0 bridgehead atoms. The fraction of sp³-hybridized carbons (Fsp3) is 0.667. The lowest BCUT2D eigenvalue weighted by molar-refractivity contribution is 0.0222. The van der Waals surface area contributed by atoms with E-state index in [1.807, 2.05) is 0 Å². The predicted octanol–water partition coefficient (Wildman–Crippen LogP) is 2.34. The van der Waals surface area contributed by atoms with E-state index in [9.17, 15) is 8.42 Å². The fourth-order valence-electron chi connectivity index (χ4n) is 4.95. The molecule has 3 aliphatic rings. The van der Waals surface area contributed by atoms with Crippen LogP contribution in [0.5, 0.6) is 0 Å². The van der Waals surface area contributed by atoms with Gasteiger partial charge in [-0.15, -0.1) is 0 Å². The summed E-state index contributed by atoms with van der Waals surface area (Å²) in [6.07, 6.45) is 5.62. The lowest BCUT2D eigenvalue weighted by Gasteiger charge is -2.51. The average Bonchev–Trinajstić information content (AvgIpc) is 2.51. The number of fused-ring (bicyclic) bond motifs is 4. The van der Waals surface area contributed by atoms with Crippen molar-refractivity contribution in [2.45, 2.75) is 44.7 Å². The van der Waals surface area contributed by atoms with Crippen molar-refractivity contribution in [1.82, 2.24) is 9.21 Å². The topological polar surface area (TPSA) is 40.6 Å². The van der Waals surface area contributed by atoms with Crippen molar-refractivity contribution in [3.05, 3.63) is 34.9 Å². The van der Waals surface area contributed by atoms with Crippen LogP contribution in [0.3, 0.4) is 0 Å². The molecular weight excluding hydrogens is 308 g/mol. The molecule has 1 aromatic rings. The quantitative estimate of drug-likeness (QED) is 0.791. The maximum atomic E-state index is 12.2. The van der Waals surface area contributed by atoms with Gasteiger partial charge in [0.05, 0.1) is 6.26 Å². The van der Waals surface area contributed by atoms with Crippen molar-refractivity contribution in [1.29, 1.82) is 0 Å². The molecular formula is C18H26N2O2S. The molecule has 0 aliphatic carbocycles. The second kappa shape index (κ2) is 5.57. The molecule has 0 N–H and O–H groups in total. The van der Waals surface area contributed by atoms with E-state index in [4.69, 9.17) is 0 Å². The van der Waals surface area contributed by atoms with Crippen LogP contribution in [0.1, 0.15) is 42.0 Å². The molecule has 2 fully saturated rings. The molecule has 126 valence electrons. The number of hydrogen-bond donors (Lipinski definition) is 0. The highest BCUT2D eigenvalue weighted by Crippen LogP contribution is 2.43. The summed E-state index contributed by atoms with van der Waals surface area (Å²) in [5.74, 6) is 0.502. The Morgan fingerprint density at radius 1 is 1.22 bits per heavy atom. The minimum atomic E-state index is -3.10. The third-order valence-electron chi connectivity index (χ3n) is 5.99. The molecule has 0 amide bonds. The van der Waals surface area contributed by atoms with Gasteiger partial charge in [-0.3, -0.25) is 4.90 Å². The Morgan fingerprint density at radius 3 is 2.83 bits per heavy atom. The molecule has 0 saturated carbocycles. The van der Waals surface area contributed by atoms with Crippen LogP contribution in [0.4, 0.5) is 0 Å². The summed E-state index contributed by atoms with van der Waals surface area (Å²) in [5.41, 5.74) is 4.21. The zero-order valence-electron chi connectivity index (χ0n) is 14.0. The highest BCUT2D eigenvalue weighted by molar-refractivity contribution is 7.88. The van der Waals surface area contributed by atoms with E-state index in [0.717, 1.165) is 32.4 Å². The minimum absolute atomic E-state index is 0.187. The van der Waals surface area contributed by atoms with Gasteiger partial charge in [-0.05, 0) is 49.7 Å². The van der Waals surface area contributed by atoms with Gasteiger partial charge in [0.2, 0.25) is 10.0 Å². The molecule has 4 nitrogen and oxygen atoms in total. The summed E-state index contributed by atoms with van der Waals surface area (Å²) in [5, 5.41) is 0. The summed E-state index contributed by atoms with van der Waals surface area (Å²) in [4.78, 5) is 2.60. The van der Waals surface area contributed by atoms with E-state index >= 15 is 0 Å². The molecule has 4 rings (SSSR count). The normalized spacial score (nSPS) is 32.0. The van der Waals surface area contributed by atoms with E-state index in [-0.39, 0.29) is 6.04 Å². The molecule has 0 aromatic heterocycles. The van der Waals surface area contributed by atoms with Gasteiger partial charge in [-0.1, -0.05) is 23.8 Å². The second-order valence-electron chi connectivity index (χ2n) is 7.54. The number of sulfonamides is 1. The van der Waals surface area contributed by atoms with Gasteiger partial charge in [0.15, 0.2) is 0 Å². The predicted molar refractivity (Wildman–Crippen MR) is 91.9 cm³/mol. The maximum Gasteiger partial charge on any atom is 0.211 e. The van der Waals surface area contributed by atoms with Crippen molar-refractivity contribution in [2.75, 3.05) is 25.9 Å². The smallest absolute Gasteiger partial charge is 0.211 e. The lowest BCUT2D eigenvalue weighted by Crippen LogP contribution is -2.57. The van der Waals surface area contributed by atoms with Gasteiger partial charge in [0.25, 0.3) is 0 Å². The molecule has 5 heteroatoms. The van der Waals surface area contributed by atoms with Crippen LogP contribution in [0.15, 0.2) is 18.2 Å². The van der Waals surface area contributed by atoms with Crippen LogP contribution < -0.4 is 0 Å². The summed E-state index contributed by atoms with van der Waals surface area (Å²) in [7, 11) is -3.10. The van der Waals surface area contributed by atoms with E-state index < -0.39 is 10.0 Å².